The van der Waals surface area contributed by atoms with E-state index in [-0.39, 0.29) is 37.0 Å². The van der Waals surface area contributed by atoms with Crippen LogP contribution in [-0.4, -0.2) is 30.9 Å². The van der Waals surface area contributed by atoms with Crippen molar-refractivity contribution < 1.29 is 14.9 Å². The number of nitrogens with one attached hydrogen (secondary N) is 2. The molecular formula is C18H24N3O2S+. The number of carbonyl (C=O) groups is 2. The van der Waals surface area contributed by atoms with E-state index in [1.807, 2.05) is 48.8 Å². The second kappa shape index (κ2) is 9.20. The van der Waals surface area contributed by atoms with E-state index < -0.39 is 0 Å². The third-order valence-electron chi connectivity index (χ3n) is 3.44. The summed E-state index contributed by atoms with van der Waals surface area (Å²) in [5.41, 5.74) is 1.16. The average molecular weight is 346 g/mol. The van der Waals surface area contributed by atoms with Gasteiger partial charge in [-0.25, -0.2) is 0 Å². The van der Waals surface area contributed by atoms with Crippen molar-refractivity contribution in [1.82, 2.24) is 10.6 Å². The van der Waals surface area contributed by atoms with Gasteiger partial charge in [-0.05, 0) is 25.3 Å². The zero-order chi connectivity index (χ0) is 17.4. The molecule has 0 bridgehead atoms. The molecule has 1 atom stereocenters. The Bertz CT molecular complexity index is 642. The lowest BCUT2D eigenvalue weighted by Crippen LogP contribution is -2.87. The number of amides is 2. The Labute approximate surface area is 146 Å². The third-order valence-corrected chi connectivity index (χ3v) is 4.40. The predicted molar refractivity (Wildman–Crippen MR) is 95.7 cm³/mol. The smallest absolute Gasteiger partial charge is 0.275 e. The molecule has 0 fully saturated rings. The van der Waals surface area contributed by atoms with E-state index in [1.54, 1.807) is 11.3 Å². The van der Waals surface area contributed by atoms with Crippen LogP contribution in [0.4, 0.5) is 0 Å². The molecule has 6 heteroatoms. The zero-order valence-corrected chi connectivity index (χ0v) is 14.8. The SMILES string of the molecule is CC(C)NC(=O)CNC(=O)C[NH2+][C@@H](c1ccccc1)c1cccs1. The van der Waals surface area contributed by atoms with Crippen molar-refractivity contribution in [3.8, 4) is 0 Å². The fraction of sp³-hybridized carbons (Fsp3) is 0.333. The first-order valence-electron chi connectivity index (χ1n) is 8.04. The molecule has 0 aliphatic rings. The van der Waals surface area contributed by atoms with Gasteiger partial charge in [0.25, 0.3) is 5.91 Å². The summed E-state index contributed by atoms with van der Waals surface area (Å²) >= 11 is 1.68. The lowest BCUT2D eigenvalue weighted by molar-refractivity contribution is -0.676. The van der Waals surface area contributed by atoms with Gasteiger partial charge in [0.2, 0.25) is 5.91 Å². The normalized spacial score (nSPS) is 12.0. The zero-order valence-electron chi connectivity index (χ0n) is 14.0. The van der Waals surface area contributed by atoms with Crippen molar-refractivity contribution >= 4 is 23.2 Å². The van der Waals surface area contributed by atoms with Crippen LogP contribution in [0, 0.1) is 0 Å². The topological polar surface area (TPSA) is 74.8 Å². The van der Waals surface area contributed by atoms with Gasteiger partial charge in [-0.1, -0.05) is 36.4 Å². The van der Waals surface area contributed by atoms with Gasteiger partial charge in [-0.15, -0.1) is 11.3 Å². The Balaban J connectivity index is 1.89. The van der Waals surface area contributed by atoms with Gasteiger partial charge >= 0.3 is 0 Å². The Hall–Kier alpha value is -2.18. The fourth-order valence-corrected chi connectivity index (χ4v) is 3.24. The monoisotopic (exact) mass is 346 g/mol. The molecule has 128 valence electrons. The minimum absolute atomic E-state index is 0.0137. The molecule has 0 spiro atoms. The van der Waals surface area contributed by atoms with E-state index in [0.29, 0.717) is 0 Å². The molecule has 0 aliphatic carbocycles. The van der Waals surface area contributed by atoms with Gasteiger partial charge in [-0.2, -0.15) is 0 Å². The Kier molecular flexibility index (Phi) is 6.96. The highest BCUT2D eigenvalue weighted by molar-refractivity contribution is 7.10. The first-order chi connectivity index (χ1) is 11.6. The number of quaternary nitrogens is 1. The molecule has 2 amide bonds. The van der Waals surface area contributed by atoms with Crippen LogP contribution in [0.3, 0.4) is 0 Å². The molecule has 24 heavy (non-hydrogen) atoms. The summed E-state index contributed by atoms with van der Waals surface area (Å²) in [6.45, 7) is 4.06. The highest BCUT2D eigenvalue weighted by atomic mass is 32.1. The van der Waals surface area contributed by atoms with Crippen LogP contribution in [0.5, 0.6) is 0 Å². The summed E-state index contributed by atoms with van der Waals surface area (Å²) in [5.74, 6) is -0.317. The number of nitrogens with two attached hydrogens (primary N) is 1. The molecule has 1 aromatic carbocycles. The van der Waals surface area contributed by atoms with E-state index in [9.17, 15) is 9.59 Å². The van der Waals surface area contributed by atoms with Gasteiger partial charge in [0, 0.05) is 11.6 Å². The molecule has 0 unspecified atom stereocenters. The van der Waals surface area contributed by atoms with Gasteiger partial charge in [-0.3, -0.25) is 9.59 Å². The van der Waals surface area contributed by atoms with E-state index in [2.05, 4.69) is 28.8 Å². The highest BCUT2D eigenvalue weighted by Crippen LogP contribution is 2.22. The molecule has 2 aromatic rings. The second-order valence-corrected chi connectivity index (χ2v) is 6.82. The van der Waals surface area contributed by atoms with Crippen LogP contribution in [0.25, 0.3) is 0 Å². The highest BCUT2D eigenvalue weighted by Gasteiger charge is 2.19. The van der Waals surface area contributed by atoms with Gasteiger partial charge in [0.05, 0.1) is 11.4 Å². The van der Waals surface area contributed by atoms with Crippen LogP contribution in [0.15, 0.2) is 47.8 Å². The fourth-order valence-electron chi connectivity index (χ4n) is 2.39. The molecule has 1 heterocycles. The molecular weight excluding hydrogens is 322 g/mol. The Morgan fingerprint density at radius 1 is 1.08 bits per heavy atom. The summed E-state index contributed by atoms with van der Waals surface area (Å²) in [6.07, 6.45) is 0. The second-order valence-electron chi connectivity index (χ2n) is 5.84. The van der Waals surface area contributed by atoms with Crippen molar-refractivity contribution in [3.63, 3.8) is 0 Å². The molecule has 4 N–H and O–H groups in total. The number of carbonyl (C=O) groups excluding carboxylic acids is 2. The molecule has 0 radical (unpaired) electrons. The Morgan fingerprint density at radius 2 is 1.83 bits per heavy atom. The third kappa shape index (κ3) is 5.79. The van der Waals surface area contributed by atoms with Crippen LogP contribution in [-0.2, 0) is 9.59 Å². The quantitative estimate of drug-likeness (QED) is 0.668. The summed E-state index contributed by atoms with van der Waals surface area (Å²) in [4.78, 5) is 24.8. The predicted octanol–water partition coefficient (Wildman–Crippen LogP) is 1.04. The number of benzene rings is 1. The largest absolute Gasteiger partial charge is 0.352 e. The van der Waals surface area contributed by atoms with Crippen LogP contribution in [0.1, 0.15) is 30.3 Å². The minimum Gasteiger partial charge on any atom is -0.352 e. The van der Waals surface area contributed by atoms with E-state index in [4.69, 9.17) is 0 Å². The van der Waals surface area contributed by atoms with Crippen molar-refractivity contribution in [3.05, 3.63) is 58.3 Å². The van der Waals surface area contributed by atoms with Gasteiger partial charge in [0.15, 0.2) is 6.54 Å². The molecule has 1 aromatic heterocycles. The summed E-state index contributed by atoms with van der Waals surface area (Å²) in [7, 11) is 0. The van der Waals surface area contributed by atoms with E-state index >= 15 is 0 Å². The van der Waals surface area contributed by atoms with Crippen molar-refractivity contribution in [2.24, 2.45) is 0 Å². The van der Waals surface area contributed by atoms with Crippen LogP contribution in [0.2, 0.25) is 0 Å². The van der Waals surface area contributed by atoms with E-state index in [0.717, 1.165) is 5.56 Å². The van der Waals surface area contributed by atoms with Crippen molar-refractivity contribution in [2.75, 3.05) is 13.1 Å². The number of thiophene rings is 1. The summed E-state index contributed by atoms with van der Waals surface area (Å²) in [6, 6.07) is 14.4. The number of hydrogen-bond donors (Lipinski definition) is 3. The first kappa shape index (κ1) is 18.2. The molecule has 0 aliphatic heterocycles. The minimum atomic E-state index is -0.170. The lowest BCUT2D eigenvalue weighted by atomic mass is 10.1. The first-order valence-corrected chi connectivity index (χ1v) is 8.92. The average Bonchev–Trinajstić information content (AvgIpc) is 3.08. The molecule has 5 nitrogen and oxygen atoms in total. The van der Waals surface area contributed by atoms with Crippen LogP contribution >= 0.6 is 11.3 Å². The molecule has 0 saturated carbocycles. The van der Waals surface area contributed by atoms with Crippen molar-refractivity contribution in [1.29, 1.82) is 0 Å². The molecule has 2 rings (SSSR count). The lowest BCUT2D eigenvalue weighted by Gasteiger charge is -2.15. The maximum absolute atomic E-state index is 12.0. The van der Waals surface area contributed by atoms with E-state index in [1.165, 1.54) is 4.88 Å². The summed E-state index contributed by atoms with van der Waals surface area (Å²) in [5, 5.41) is 9.44. The maximum atomic E-state index is 12.0. The van der Waals surface area contributed by atoms with Crippen molar-refractivity contribution in [2.45, 2.75) is 25.9 Å². The van der Waals surface area contributed by atoms with Gasteiger partial charge in [0.1, 0.15) is 6.04 Å². The number of hydrogen-bond acceptors (Lipinski definition) is 3. The Morgan fingerprint density at radius 3 is 2.46 bits per heavy atom. The summed E-state index contributed by atoms with van der Waals surface area (Å²) < 4.78 is 0. The maximum Gasteiger partial charge on any atom is 0.275 e. The van der Waals surface area contributed by atoms with Crippen LogP contribution < -0.4 is 16.0 Å². The number of rotatable bonds is 8. The van der Waals surface area contributed by atoms with Gasteiger partial charge < -0.3 is 16.0 Å². The standard InChI is InChI=1S/C18H23N3O2S/c1-13(2)21-17(23)12-19-16(22)11-20-18(15-9-6-10-24-15)14-7-4-3-5-8-14/h3-10,13,18,20H,11-12H2,1-2H3,(H,19,22)(H,21,23)/p+1/t18-/m0/s1. The molecule has 0 saturated heterocycles.